The lowest BCUT2D eigenvalue weighted by Gasteiger charge is -2.25. The first-order valence-electron chi connectivity index (χ1n) is 6.18. The van der Waals surface area contributed by atoms with Gasteiger partial charge in [-0.25, -0.2) is 0 Å². The molecule has 0 aliphatic heterocycles. The van der Waals surface area contributed by atoms with Crippen molar-refractivity contribution in [3.8, 4) is 0 Å². The Kier molecular flexibility index (Phi) is 5.58. The molecule has 0 aromatic carbocycles. The van der Waals surface area contributed by atoms with E-state index in [4.69, 9.17) is 10.6 Å². The first kappa shape index (κ1) is 12.9. The minimum atomic E-state index is 0.321. The zero-order chi connectivity index (χ0) is 11.3. The van der Waals surface area contributed by atoms with Crippen LogP contribution in [0.1, 0.15) is 46.0 Å². The highest BCUT2D eigenvalue weighted by atomic mass is 16.5. The van der Waals surface area contributed by atoms with E-state index in [-0.39, 0.29) is 0 Å². The van der Waals surface area contributed by atoms with E-state index in [0.717, 1.165) is 18.3 Å². The fraction of sp³-hybridized carbons (Fsp3) is 1.00. The largest absolute Gasteiger partial charge is 0.379 e. The van der Waals surface area contributed by atoms with Crippen molar-refractivity contribution in [1.82, 2.24) is 5.43 Å². The lowest BCUT2D eigenvalue weighted by molar-refractivity contribution is 0.0473. The van der Waals surface area contributed by atoms with Gasteiger partial charge in [0.1, 0.15) is 0 Å². The zero-order valence-electron chi connectivity index (χ0n) is 10.3. The van der Waals surface area contributed by atoms with Crippen LogP contribution in [-0.4, -0.2) is 19.3 Å². The zero-order valence-corrected chi connectivity index (χ0v) is 10.3. The number of hydrazine groups is 1. The molecule has 0 heterocycles. The fourth-order valence-electron chi connectivity index (χ4n) is 2.20. The molecule has 0 spiro atoms. The summed E-state index contributed by atoms with van der Waals surface area (Å²) in [4.78, 5) is 0. The van der Waals surface area contributed by atoms with Crippen molar-refractivity contribution in [1.29, 1.82) is 0 Å². The predicted octanol–water partition coefficient (Wildman–Crippen LogP) is 2.07. The molecule has 2 atom stereocenters. The molecule has 0 aromatic heterocycles. The van der Waals surface area contributed by atoms with Crippen molar-refractivity contribution in [2.45, 2.75) is 58.1 Å². The highest BCUT2D eigenvalue weighted by molar-refractivity contribution is 4.89. The van der Waals surface area contributed by atoms with E-state index >= 15 is 0 Å². The molecule has 0 radical (unpaired) electrons. The number of methoxy groups -OCH3 is 1. The van der Waals surface area contributed by atoms with Gasteiger partial charge < -0.3 is 4.74 Å². The highest BCUT2D eigenvalue weighted by Gasteiger charge is 2.36. The number of nitrogens with two attached hydrogens (primary N) is 1. The number of hydrogen-bond acceptors (Lipinski definition) is 3. The van der Waals surface area contributed by atoms with Gasteiger partial charge >= 0.3 is 0 Å². The van der Waals surface area contributed by atoms with Crippen LogP contribution >= 0.6 is 0 Å². The molecule has 3 nitrogen and oxygen atoms in total. The molecule has 0 saturated heterocycles. The predicted molar refractivity (Wildman–Crippen MR) is 63.3 cm³/mol. The van der Waals surface area contributed by atoms with Crippen LogP contribution in [0.4, 0.5) is 0 Å². The second-order valence-electron chi connectivity index (χ2n) is 5.14. The molecule has 2 unspecified atom stereocenters. The molecule has 90 valence electrons. The van der Waals surface area contributed by atoms with Crippen molar-refractivity contribution in [2.75, 3.05) is 7.11 Å². The third-order valence-electron chi connectivity index (χ3n) is 3.27. The molecule has 15 heavy (non-hydrogen) atoms. The minimum absolute atomic E-state index is 0.321. The van der Waals surface area contributed by atoms with Crippen molar-refractivity contribution in [3.05, 3.63) is 0 Å². The van der Waals surface area contributed by atoms with Crippen LogP contribution in [0.2, 0.25) is 0 Å². The van der Waals surface area contributed by atoms with E-state index in [9.17, 15) is 0 Å². The summed E-state index contributed by atoms with van der Waals surface area (Å²) in [7, 11) is 1.80. The van der Waals surface area contributed by atoms with Gasteiger partial charge in [-0.1, -0.05) is 26.7 Å². The van der Waals surface area contributed by atoms with Gasteiger partial charge in [-0.05, 0) is 31.1 Å². The Bertz CT molecular complexity index is 169. The third kappa shape index (κ3) is 4.49. The van der Waals surface area contributed by atoms with Crippen LogP contribution in [0.15, 0.2) is 0 Å². The number of hydrogen-bond donors (Lipinski definition) is 2. The Morgan fingerprint density at radius 2 is 2.00 bits per heavy atom. The average Bonchev–Trinajstić information content (AvgIpc) is 3.00. The lowest BCUT2D eigenvalue weighted by atomic mass is 9.98. The molecule has 1 rings (SSSR count). The van der Waals surface area contributed by atoms with Gasteiger partial charge in [0.25, 0.3) is 0 Å². The second kappa shape index (κ2) is 6.46. The molecule has 0 aromatic rings. The normalized spacial score (nSPS) is 20.6. The molecule has 1 aliphatic rings. The van der Waals surface area contributed by atoms with E-state index in [1.54, 1.807) is 7.11 Å². The van der Waals surface area contributed by atoms with Crippen LogP contribution in [0.5, 0.6) is 0 Å². The molecule has 0 bridgehead atoms. The Morgan fingerprint density at radius 1 is 1.33 bits per heavy atom. The van der Waals surface area contributed by atoms with E-state index in [0.29, 0.717) is 12.1 Å². The SMILES string of the molecule is COC(C1CC1)C(CCCC(C)C)NN. The molecule has 0 amide bonds. The summed E-state index contributed by atoms with van der Waals surface area (Å²) < 4.78 is 5.54. The number of ether oxygens (including phenoxy) is 1. The second-order valence-corrected chi connectivity index (χ2v) is 5.14. The van der Waals surface area contributed by atoms with Gasteiger partial charge in [0, 0.05) is 13.2 Å². The van der Waals surface area contributed by atoms with Gasteiger partial charge in [0.2, 0.25) is 0 Å². The smallest absolute Gasteiger partial charge is 0.0765 e. The first-order chi connectivity index (χ1) is 7.19. The van der Waals surface area contributed by atoms with Crippen LogP contribution in [0, 0.1) is 11.8 Å². The Morgan fingerprint density at radius 3 is 2.40 bits per heavy atom. The molecular weight excluding hydrogens is 188 g/mol. The molecule has 3 N–H and O–H groups in total. The summed E-state index contributed by atoms with van der Waals surface area (Å²) in [5.41, 5.74) is 2.92. The van der Waals surface area contributed by atoms with Crippen molar-refractivity contribution in [3.63, 3.8) is 0 Å². The maximum Gasteiger partial charge on any atom is 0.0765 e. The van der Waals surface area contributed by atoms with Crippen molar-refractivity contribution in [2.24, 2.45) is 17.7 Å². The minimum Gasteiger partial charge on any atom is -0.379 e. The maximum absolute atomic E-state index is 5.60. The van der Waals surface area contributed by atoms with Crippen LogP contribution in [0.25, 0.3) is 0 Å². The van der Waals surface area contributed by atoms with Gasteiger partial charge in [-0.15, -0.1) is 0 Å². The third-order valence-corrected chi connectivity index (χ3v) is 3.27. The summed E-state index contributed by atoms with van der Waals surface area (Å²) >= 11 is 0. The summed E-state index contributed by atoms with van der Waals surface area (Å²) in [6.45, 7) is 4.53. The van der Waals surface area contributed by atoms with Crippen molar-refractivity contribution < 1.29 is 4.74 Å². The van der Waals surface area contributed by atoms with Crippen molar-refractivity contribution >= 4 is 0 Å². The van der Waals surface area contributed by atoms with E-state index in [1.807, 2.05) is 0 Å². The average molecular weight is 214 g/mol. The fourth-order valence-corrected chi connectivity index (χ4v) is 2.20. The monoisotopic (exact) mass is 214 g/mol. The summed E-state index contributed by atoms with van der Waals surface area (Å²) in [5, 5.41) is 0. The van der Waals surface area contributed by atoms with Gasteiger partial charge in [0.05, 0.1) is 6.10 Å². The topological polar surface area (TPSA) is 47.3 Å². The number of nitrogens with one attached hydrogen (secondary N) is 1. The molecule has 3 heteroatoms. The molecule has 1 fully saturated rings. The lowest BCUT2D eigenvalue weighted by Crippen LogP contribution is -2.45. The van der Waals surface area contributed by atoms with E-state index in [1.165, 1.54) is 25.7 Å². The van der Waals surface area contributed by atoms with E-state index < -0.39 is 0 Å². The summed E-state index contributed by atoms with van der Waals surface area (Å²) in [6.07, 6.45) is 6.58. The molecular formula is C12H26N2O. The number of rotatable bonds is 8. The molecule has 1 saturated carbocycles. The first-order valence-corrected chi connectivity index (χ1v) is 6.18. The Hall–Kier alpha value is -0.120. The van der Waals surface area contributed by atoms with Crippen LogP contribution in [0.3, 0.4) is 0 Å². The van der Waals surface area contributed by atoms with Crippen LogP contribution in [-0.2, 0) is 4.74 Å². The maximum atomic E-state index is 5.60. The standard InChI is InChI=1S/C12H26N2O/c1-9(2)5-4-6-11(14-13)12(15-3)10-7-8-10/h9-12,14H,4-8,13H2,1-3H3. The van der Waals surface area contributed by atoms with Crippen LogP contribution < -0.4 is 11.3 Å². The van der Waals surface area contributed by atoms with Gasteiger partial charge in [-0.3, -0.25) is 11.3 Å². The quantitative estimate of drug-likeness (QED) is 0.480. The van der Waals surface area contributed by atoms with Gasteiger partial charge in [-0.2, -0.15) is 0 Å². The highest BCUT2D eigenvalue weighted by Crippen LogP contribution is 2.36. The molecule has 1 aliphatic carbocycles. The Labute approximate surface area is 93.7 Å². The van der Waals surface area contributed by atoms with Gasteiger partial charge in [0.15, 0.2) is 0 Å². The summed E-state index contributed by atoms with van der Waals surface area (Å²) in [6, 6.07) is 0.334. The summed E-state index contributed by atoms with van der Waals surface area (Å²) in [5.74, 6) is 7.13. The van der Waals surface area contributed by atoms with E-state index in [2.05, 4.69) is 19.3 Å². The Balaban J connectivity index is 2.26.